The van der Waals surface area contributed by atoms with Gasteiger partial charge in [-0.15, -0.1) is 0 Å². The number of carboxylic acid groups (broad SMARTS) is 2. The van der Waals surface area contributed by atoms with Gasteiger partial charge in [0.25, 0.3) is 0 Å². The van der Waals surface area contributed by atoms with Gasteiger partial charge in [0, 0.05) is 19.3 Å². The number of phenolic OH excluding ortho intramolecular Hbond substituents is 1. The van der Waals surface area contributed by atoms with Crippen LogP contribution in [-0.2, 0) is 78.3 Å². The number of hydrogen-bond acceptors (Lipinski definition) is 16. The summed E-state index contributed by atoms with van der Waals surface area (Å²) in [7, 11) is 0. The second kappa shape index (κ2) is 37.6. The van der Waals surface area contributed by atoms with Crippen molar-refractivity contribution in [3.8, 4) is 5.75 Å². The third-order valence-corrected chi connectivity index (χ3v) is 13.1. The van der Waals surface area contributed by atoms with Crippen molar-refractivity contribution in [2.45, 2.75) is 198 Å². The number of unbranched alkanes of at least 4 members (excludes halogenated alkanes) is 11. The molecular weight excluding hydrogens is 1090 g/mol. The lowest BCUT2D eigenvalue weighted by molar-refractivity contribution is -0.157. The van der Waals surface area contributed by atoms with Crippen molar-refractivity contribution in [3.63, 3.8) is 0 Å². The van der Waals surface area contributed by atoms with Gasteiger partial charge in [0.05, 0.1) is 32.4 Å². The fourth-order valence-electron chi connectivity index (χ4n) is 8.53. The fraction of sp³-hybridized carbons (Fsp3) is 0.630. The number of hydrogen-bond donors (Lipinski definition) is 14. The number of nitrogens with two attached hydrogens (primary N) is 2. The third-order valence-electron chi connectivity index (χ3n) is 13.1. The van der Waals surface area contributed by atoms with Crippen LogP contribution >= 0.6 is 0 Å². The van der Waals surface area contributed by atoms with E-state index in [0.29, 0.717) is 18.4 Å². The average Bonchev–Trinajstić information content (AvgIpc) is 3.47. The molecule has 0 saturated carbocycles. The number of benzene rings is 1. The monoisotopic (exact) mass is 1170 g/mol. The van der Waals surface area contributed by atoms with Gasteiger partial charge < -0.3 is 79.4 Å². The Kier molecular flexibility index (Phi) is 32.0. The van der Waals surface area contributed by atoms with Crippen molar-refractivity contribution in [2.75, 3.05) is 13.1 Å². The number of aromatic hydroxyl groups is 1. The van der Waals surface area contributed by atoms with Crippen LogP contribution in [0.2, 0.25) is 0 Å². The third kappa shape index (κ3) is 28.7. The lowest BCUT2D eigenvalue weighted by Crippen LogP contribution is -2.60. The van der Waals surface area contributed by atoms with E-state index in [9.17, 15) is 82.4 Å². The number of rotatable bonds is 26. The molecule has 1 aliphatic rings. The predicted octanol–water partition coefficient (Wildman–Crippen LogP) is -1.66. The quantitative estimate of drug-likeness (QED) is 0.0365. The van der Waals surface area contributed by atoms with Crippen LogP contribution in [0.4, 0.5) is 0 Å². The Hall–Kier alpha value is -8.40. The minimum atomic E-state index is -2.02. The van der Waals surface area contributed by atoms with Gasteiger partial charge in [-0.3, -0.25) is 62.3 Å². The molecule has 1 aromatic rings. The molecule has 0 aromatic heterocycles. The number of amides is 11. The molecule has 1 saturated heterocycles. The summed E-state index contributed by atoms with van der Waals surface area (Å²) in [5, 5.41) is 49.5. The molecule has 11 amide bonds. The highest BCUT2D eigenvalue weighted by Gasteiger charge is 2.38. The van der Waals surface area contributed by atoms with E-state index < -0.39 is 182 Å². The minimum Gasteiger partial charge on any atom is -0.508 e. The van der Waals surface area contributed by atoms with Crippen molar-refractivity contribution in [1.82, 2.24) is 47.9 Å². The van der Waals surface area contributed by atoms with Crippen LogP contribution in [0.5, 0.6) is 5.75 Å². The molecule has 462 valence electrons. The maximum atomic E-state index is 14.4. The molecule has 16 N–H and O–H groups in total. The van der Waals surface area contributed by atoms with E-state index in [1.807, 2.05) is 5.32 Å². The van der Waals surface area contributed by atoms with Crippen LogP contribution in [-0.4, -0.2) is 160 Å². The standard InChI is InChI=1S/C54H83N11O18/c1-5-6-7-8-9-10-11-12-13-14-15-16-17-41(69)64-47-31(4)83-54(82)46(30(2)3)65-52(80)35(24-32-18-20-33(66)21-19-32)59-42(70)28-57-49(77)38(27-45(74)75)63-51(79)36(25-40(56)68)60-43(71)29-58-48(76)37(26-44(72)73)62-50(78)34(61-53(47)81)22-23-39(55)67/h18-21,30-31,34-38,46-47,66H,5-17,22-29H2,1-4H3,(H2,55,67)(H2,56,68)(H,57,77)(H,58,76)(H,59,70)(H,60,71)(H,61,81)(H,62,78)(H,63,79)(H,64,69)(H,65,80)(H,72,73)(H,74,75)/t31-,34-,35+,36+,37+,38+,46+,47+/m1/s1. The van der Waals surface area contributed by atoms with Crippen LogP contribution in [0.25, 0.3) is 0 Å². The predicted molar refractivity (Wildman–Crippen MR) is 294 cm³/mol. The Morgan fingerprint density at radius 2 is 1.01 bits per heavy atom. The van der Waals surface area contributed by atoms with Gasteiger partial charge in [0.2, 0.25) is 65.0 Å². The molecule has 0 unspecified atom stereocenters. The number of carbonyl (C=O) groups excluding carboxylic acids is 12. The molecule has 2 rings (SSSR count). The van der Waals surface area contributed by atoms with E-state index in [-0.39, 0.29) is 18.6 Å². The summed E-state index contributed by atoms with van der Waals surface area (Å²) in [6, 6.07) is -7.29. The minimum absolute atomic E-state index is 0.0954. The summed E-state index contributed by atoms with van der Waals surface area (Å²) in [6.07, 6.45) is 5.68. The first-order valence-corrected chi connectivity index (χ1v) is 27.8. The topological polar surface area (TPSA) is 469 Å². The first-order chi connectivity index (χ1) is 39.2. The van der Waals surface area contributed by atoms with E-state index in [0.717, 1.165) is 32.1 Å². The van der Waals surface area contributed by atoms with Gasteiger partial charge in [-0.25, -0.2) is 4.79 Å². The molecule has 0 aliphatic carbocycles. The lowest BCUT2D eigenvalue weighted by Gasteiger charge is -2.30. The van der Waals surface area contributed by atoms with Crippen molar-refractivity contribution in [2.24, 2.45) is 17.4 Å². The lowest BCUT2D eigenvalue weighted by atomic mass is 10.0. The van der Waals surface area contributed by atoms with Crippen molar-refractivity contribution in [3.05, 3.63) is 29.8 Å². The number of ether oxygens (including phenoxy) is 1. The molecular formula is C54H83N11O18. The maximum absolute atomic E-state index is 14.4. The molecule has 29 nitrogen and oxygen atoms in total. The van der Waals surface area contributed by atoms with Gasteiger partial charge in [0.15, 0.2) is 0 Å². The Labute approximate surface area is 480 Å². The van der Waals surface area contributed by atoms with Crippen LogP contribution < -0.4 is 59.3 Å². The van der Waals surface area contributed by atoms with E-state index in [2.05, 4.69) is 49.5 Å². The summed E-state index contributed by atoms with van der Waals surface area (Å²) in [6.45, 7) is 4.37. The highest BCUT2D eigenvalue weighted by atomic mass is 16.5. The van der Waals surface area contributed by atoms with Gasteiger partial charge in [-0.1, -0.05) is 104 Å². The highest BCUT2D eigenvalue weighted by molar-refractivity contribution is 6.00. The number of nitrogens with one attached hydrogen (secondary N) is 9. The molecule has 1 aliphatic heterocycles. The molecule has 1 aromatic carbocycles. The number of carboxylic acids is 2. The Balaban J connectivity index is 2.67. The SMILES string of the molecule is CCCCCCCCCCCCCCC(=O)N[C@@H]1C(=O)N[C@H](CCC(N)=O)C(=O)N[C@@H](CC(=O)O)C(=O)NCC(=O)N[C@@H](CC(N)=O)C(=O)N[C@@H](CC(=O)O)C(=O)NCC(=O)N[C@@H](Cc2ccc(O)cc2)C(=O)N[C@@H](C(C)C)C(=O)O[C@@H]1C. The van der Waals surface area contributed by atoms with Crippen molar-refractivity contribution < 1.29 is 87.2 Å². The molecule has 29 heteroatoms. The van der Waals surface area contributed by atoms with Gasteiger partial charge in [0.1, 0.15) is 54.1 Å². The number of cyclic esters (lactones) is 1. The molecule has 83 heavy (non-hydrogen) atoms. The van der Waals surface area contributed by atoms with E-state index in [1.165, 1.54) is 77.1 Å². The van der Waals surface area contributed by atoms with Crippen molar-refractivity contribution >= 4 is 82.9 Å². The Morgan fingerprint density at radius 1 is 0.566 bits per heavy atom. The molecule has 0 bridgehead atoms. The summed E-state index contributed by atoms with van der Waals surface area (Å²) < 4.78 is 5.75. The van der Waals surface area contributed by atoms with Gasteiger partial charge in [-0.2, -0.15) is 0 Å². The van der Waals surface area contributed by atoms with E-state index in [1.54, 1.807) is 0 Å². The van der Waals surface area contributed by atoms with Crippen LogP contribution in [0, 0.1) is 5.92 Å². The van der Waals surface area contributed by atoms with Crippen molar-refractivity contribution in [1.29, 1.82) is 0 Å². The zero-order valence-electron chi connectivity index (χ0n) is 47.5. The number of primary amides is 2. The fourth-order valence-corrected chi connectivity index (χ4v) is 8.53. The Bertz CT molecular complexity index is 2420. The van der Waals surface area contributed by atoms with Crippen LogP contribution in [0.15, 0.2) is 24.3 Å². The smallest absolute Gasteiger partial charge is 0.329 e. The maximum Gasteiger partial charge on any atom is 0.329 e. The summed E-state index contributed by atoms with van der Waals surface area (Å²) in [5.74, 6) is -18.0. The average molecular weight is 1170 g/mol. The number of carbonyl (C=O) groups is 14. The zero-order valence-corrected chi connectivity index (χ0v) is 47.5. The Morgan fingerprint density at radius 3 is 1.48 bits per heavy atom. The normalized spacial score (nSPS) is 22.3. The second-order valence-corrected chi connectivity index (χ2v) is 20.7. The summed E-state index contributed by atoms with van der Waals surface area (Å²) >= 11 is 0. The van der Waals surface area contributed by atoms with E-state index >= 15 is 0 Å². The van der Waals surface area contributed by atoms with Crippen LogP contribution in [0.3, 0.4) is 0 Å². The first kappa shape index (κ1) is 70.7. The summed E-state index contributed by atoms with van der Waals surface area (Å²) in [4.78, 5) is 185. The molecule has 0 radical (unpaired) electrons. The number of aliphatic carboxylic acids is 2. The molecule has 8 atom stereocenters. The number of esters is 1. The number of phenols is 1. The molecule has 0 spiro atoms. The largest absolute Gasteiger partial charge is 0.508 e. The molecule has 1 fully saturated rings. The highest BCUT2D eigenvalue weighted by Crippen LogP contribution is 2.16. The van der Waals surface area contributed by atoms with E-state index in [4.69, 9.17) is 16.2 Å². The molecule has 1 heterocycles. The first-order valence-electron chi connectivity index (χ1n) is 27.8. The van der Waals surface area contributed by atoms with Crippen LogP contribution in [0.1, 0.15) is 149 Å². The van der Waals surface area contributed by atoms with Gasteiger partial charge >= 0.3 is 17.9 Å². The summed E-state index contributed by atoms with van der Waals surface area (Å²) in [5.41, 5.74) is 11.0. The second-order valence-electron chi connectivity index (χ2n) is 20.7. The van der Waals surface area contributed by atoms with Gasteiger partial charge in [-0.05, 0) is 43.4 Å². The zero-order chi connectivity index (χ0) is 62.2.